The van der Waals surface area contributed by atoms with Gasteiger partial charge in [0.15, 0.2) is 0 Å². The number of fused-ring (bicyclic) bond motifs is 2. The van der Waals surface area contributed by atoms with Crippen molar-refractivity contribution in [3.05, 3.63) is 23.3 Å². The molecule has 0 aromatic rings. The monoisotopic (exact) mass is 438 g/mol. The Morgan fingerprint density at radius 2 is 1.03 bits per heavy atom. The third-order valence-corrected chi connectivity index (χ3v) is 11.3. The number of ketones is 2. The van der Waals surface area contributed by atoms with Gasteiger partial charge in [-0.25, -0.2) is 0 Å². The van der Waals surface area contributed by atoms with E-state index in [0.717, 1.165) is 38.5 Å². The highest BCUT2D eigenvalue weighted by Crippen LogP contribution is 2.62. The molecule has 2 heteroatoms. The van der Waals surface area contributed by atoms with Crippen LogP contribution in [0.5, 0.6) is 0 Å². The molecule has 0 aliphatic heterocycles. The van der Waals surface area contributed by atoms with Gasteiger partial charge in [0.1, 0.15) is 11.6 Å². The van der Waals surface area contributed by atoms with E-state index >= 15 is 0 Å². The topological polar surface area (TPSA) is 34.1 Å². The fourth-order valence-electron chi connectivity index (χ4n) is 9.14. The first-order chi connectivity index (χ1) is 14.8. The number of hydrogen-bond acceptors (Lipinski definition) is 2. The third kappa shape index (κ3) is 3.33. The fourth-order valence-corrected chi connectivity index (χ4v) is 9.14. The predicted molar refractivity (Wildman–Crippen MR) is 132 cm³/mol. The van der Waals surface area contributed by atoms with E-state index in [4.69, 9.17) is 0 Å². The average Bonchev–Trinajstić information content (AvgIpc) is 2.69. The number of carbonyl (C=O) groups is 2. The van der Waals surface area contributed by atoms with Crippen molar-refractivity contribution in [2.75, 3.05) is 0 Å². The Morgan fingerprint density at radius 1 is 0.688 bits per heavy atom. The van der Waals surface area contributed by atoms with Crippen molar-refractivity contribution in [2.24, 2.45) is 45.3 Å². The van der Waals surface area contributed by atoms with Crippen LogP contribution in [0.2, 0.25) is 0 Å². The zero-order valence-electron chi connectivity index (χ0n) is 21.9. The van der Waals surface area contributed by atoms with Gasteiger partial charge in [-0.1, -0.05) is 64.8 Å². The number of Topliss-reactive ketones (excluding diaryl/α,β-unsaturated/α-hetero) is 2. The van der Waals surface area contributed by atoms with Crippen LogP contribution in [-0.4, -0.2) is 11.6 Å². The highest BCUT2D eigenvalue weighted by atomic mass is 16.1. The smallest absolute Gasteiger partial charge is 0.138 e. The Balaban J connectivity index is 1.61. The molecule has 0 aromatic carbocycles. The number of rotatable bonds is 3. The van der Waals surface area contributed by atoms with E-state index in [0.29, 0.717) is 35.2 Å². The van der Waals surface area contributed by atoms with Crippen molar-refractivity contribution >= 4 is 11.6 Å². The minimum absolute atomic E-state index is 0.213. The van der Waals surface area contributed by atoms with Crippen LogP contribution < -0.4 is 0 Å². The average molecular weight is 439 g/mol. The molecule has 0 radical (unpaired) electrons. The predicted octanol–water partition coefficient (Wildman–Crippen LogP) is 7.72. The molecule has 0 saturated heterocycles. The molecule has 178 valence electrons. The molecule has 0 spiro atoms. The lowest BCUT2D eigenvalue weighted by Crippen LogP contribution is -2.53. The molecule has 4 rings (SSSR count). The summed E-state index contributed by atoms with van der Waals surface area (Å²) in [6.45, 7) is 18.5. The highest BCUT2D eigenvalue weighted by Gasteiger charge is 2.57. The SMILES string of the molecule is CC1=CCC2C(C)(C)C(=O)CCC2(C)C1CCC1C(C)=CCC2C(C)(C)C(=O)CCC12C. The molecule has 0 heterocycles. The minimum atomic E-state index is -0.214. The summed E-state index contributed by atoms with van der Waals surface area (Å²) in [6.07, 6.45) is 13.0. The highest BCUT2D eigenvalue weighted by molar-refractivity contribution is 5.86. The van der Waals surface area contributed by atoms with Gasteiger partial charge in [-0.2, -0.15) is 0 Å². The summed E-state index contributed by atoms with van der Waals surface area (Å²) in [7, 11) is 0. The van der Waals surface area contributed by atoms with Crippen LogP contribution in [0.3, 0.4) is 0 Å². The summed E-state index contributed by atoms with van der Waals surface area (Å²) < 4.78 is 0. The first-order valence-electron chi connectivity index (χ1n) is 13.2. The molecule has 0 aromatic heterocycles. The Kier molecular flexibility index (Phi) is 5.74. The van der Waals surface area contributed by atoms with E-state index in [9.17, 15) is 9.59 Å². The van der Waals surface area contributed by atoms with Crippen LogP contribution in [0, 0.1) is 45.3 Å². The quantitative estimate of drug-likeness (QED) is 0.423. The third-order valence-electron chi connectivity index (χ3n) is 11.3. The van der Waals surface area contributed by atoms with Gasteiger partial charge in [0.25, 0.3) is 0 Å². The van der Waals surface area contributed by atoms with E-state index < -0.39 is 0 Å². The van der Waals surface area contributed by atoms with Crippen LogP contribution in [-0.2, 0) is 9.59 Å². The number of carbonyl (C=O) groups excluding carboxylic acids is 2. The standard InChI is InChI=1S/C30H46O2/c1-19-9-13-23-27(3,4)25(31)15-17-29(23,7)21(19)11-12-22-20(2)10-14-24-28(5,6)26(32)16-18-30(22,24)8/h9-10,21-24H,11-18H2,1-8H3. The van der Waals surface area contributed by atoms with Gasteiger partial charge in [0, 0.05) is 23.7 Å². The Morgan fingerprint density at radius 3 is 1.38 bits per heavy atom. The molecular formula is C30H46O2. The summed E-state index contributed by atoms with van der Waals surface area (Å²) in [4.78, 5) is 25.6. The lowest BCUT2D eigenvalue weighted by atomic mass is 9.46. The van der Waals surface area contributed by atoms with Gasteiger partial charge >= 0.3 is 0 Å². The van der Waals surface area contributed by atoms with Gasteiger partial charge in [0.05, 0.1) is 0 Å². The molecule has 0 N–H and O–H groups in total. The lowest BCUT2D eigenvalue weighted by molar-refractivity contribution is -0.145. The molecule has 2 fully saturated rings. The van der Waals surface area contributed by atoms with Crippen LogP contribution in [0.4, 0.5) is 0 Å². The van der Waals surface area contributed by atoms with E-state index in [1.165, 1.54) is 12.8 Å². The van der Waals surface area contributed by atoms with Crippen molar-refractivity contribution in [1.29, 1.82) is 0 Å². The maximum absolute atomic E-state index is 12.8. The normalized spacial score (nSPS) is 43.1. The van der Waals surface area contributed by atoms with Gasteiger partial charge in [0.2, 0.25) is 0 Å². The molecule has 2 saturated carbocycles. The molecule has 0 amide bonds. The Labute approximate surface area is 196 Å². The van der Waals surface area contributed by atoms with Gasteiger partial charge < -0.3 is 0 Å². The minimum Gasteiger partial charge on any atom is -0.299 e. The summed E-state index contributed by atoms with van der Waals surface area (Å²) >= 11 is 0. The van der Waals surface area contributed by atoms with Gasteiger partial charge in [-0.15, -0.1) is 0 Å². The maximum atomic E-state index is 12.8. The molecular weight excluding hydrogens is 392 g/mol. The molecule has 2 nitrogen and oxygen atoms in total. The molecule has 0 bridgehead atoms. The van der Waals surface area contributed by atoms with Gasteiger partial charge in [-0.05, 0) is 86.9 Å². The number of hydrogen-bond donors (Lipinski definition) is 0. The van der Waals surface area contributed by atoms with Crippen LogP contribution >= 0.6 is 0 Å². The van der Waals surface area contributed by atoms with E-state index in [2.05, 4.69) is 67.5 Å². The summed E-state index contributed by atoms with van der Waals surface area (Å²) in [5, 5.41) is 0. The lowest BCUT2D eigenvalue weighted by Gasteiger charge is -2.58. The molecule has 6 atom stereocenters. The summed E-state index contributed by atoms with van der Waals surface area (Å²) in [5.74, 6) is 2.93. The van der Waals surface area contributed by atoms with E-state index in [1.54, 1.807) is 11.1 Å². The summed E-state index contributed by atoms with van der Waals surface area (Å²) in [6, 6.07) is 0. The number of allylic oxidation sites excluding steroid dienone is 4. The second-order valence-corrected chi connectivity index (χ2v) is 13.5. The van der Waals surface area contributed by atoms with Crippen LogP contribution in [0.15, 0.2) is 23.3 Å². The van der Waals surface area contributed by atoms with Crippen molar-refractivity contribution in [3.63, 3.8) is 0 Å². The van der Waals surface area contributed by atoms with Crippen molar-refractivity contribution in [2.45, 2.75) is 107 Å². The zero-order chi connectivity index (χ0) is 23.7. The van der Waals surface area contributed by atoms with Crippen LogP contribution in [0.1, 0.15) is 107 Å². The summed E-state index contributed by atoms with van der Waals surface area (Å²) in [5.41, 5.74) is 3.09. The van der Waals surface area contributed by atoms with Crippen molar-refractivity contribution < 1.29 is 9.59 Å². The second-order valence-electron chi connectivity index (χ2n) is 13.5. The second kappa shape index (κ2) is 7.67. The van der Waals surface area contributed by atoms with Gasteiger partial charge in [-0.3, -0.25) is 9.59 Å². The zero-order valence-corrected chi connectivity index (χ0v) is 21.9. The molecule has 6 unspecified atom stereocenters. The first-order valence-corrected chi connectivity index (χ1v) is 13.2. The fraction of sp³-hybridized carbons (Fsp3) is 0.800. The molecule has 4 aliphatic carbocycles. The Bertz CT molecular complexity index is 799. The van der Waals surface area contributed by atoms with Crippen molar-refractivity contribution in [3.8, 4) is 0 Å². The van der Waals surface area contributed by atoms with E-state index in [-0.39, 0.29) is 21.7 Å². The first kappa shape index (κ1) is 24.0. The Hall–Kier alpha value is -1.18. The van der Waals surface area contributed by atoms with Crippen molar-refractivity contribution in [1.82, 2.24) is 0 Å². The maximum Gasteiger partial charge on any atom is 0.138 e. The van der Waals surface area contributed by atoms with Crippen LogP contribution in [0.25, 0.3) is 0 Å². The van der Waals surface area contributed by atoms with E-state index in [1.807, 2.05) is 0 Å². The largest absolute Gasteiger partial charge is 0.299 e. The molecule has 32 heavy (non-hydrogen) atoms. The molecule has 4 aliphatic rings.